The summed E-state index contributed by atoms with van der Waals surface area (Å²) >= 11 is 0. The lowest BCUT2D eigenvalue weighted by atomic mass is 10.1. The van der Waals surface area contributed by atoms with Gasteiger partial charge in [0.1, 0.15) is 29.3 Å². The SMILES string of the molecule is CCN(CC)C(=O)COc1ccc(CNC(=O)c2cc(C(=O)NCc3ccc(F)c(C)c3)ncn2)cc1. The lowest BCUT2D eigenvalue weighted by Crippen LogP contribution is -2.34. The van der Waals surface area contributed by atoms with Gasteiger partial charge in [-0.3, -0.25) is 14.4 Å². The Balaban J connectivity index is 1.50. The molecule has 10 heteroatoms. The number of benzene rings is 2. The predicted octanol–water partition coefficient (Wildman–Crippen LogP) is 3.03. The highest BCUT2D eigenvalue weighted by atomic mass is 19.1. The van der Waals surface area contributed by atoms with Gasteiger partial charge in [-0.05, 0) is 55.7 Å². The zero-order valence-electron chi connectivity index (χ0n) is 21.1. The Labute approximate surface area is 215 Å². The molecule has 194 valence electrons. The molecule has 1 aromatic heterocycles. The molecular formula is C27H30FN5O4. The Kier molecular flexibility index (Phi) is 9.65. The number of carbonyl (C=O) groups is 3. The van der Waals surface area contributed by atoms with Gasteiger partial charge >= 0.3 is 0 Å². The van der Waals surface area contributed by atoms with E-state index in [2.05, 4.69) is 20.6 Å². The van der Waals surface area contributed by atoms with Crippen LogP contribution >= 0.6 is 0 Å². The average molecular weight is 508 g/mol. The zero-order valence-corrected chi connectivity index (χ0v) is 21.1. The van der Waals surface area contributed by atoms with Gasteiger partial charge in [-0.2, -0.15) is 0 Å². The summed E-state index contributed by atoms with van der Waals surface area (Å²) in [5.74, 6) is -0.778. The van der Waals surface area contributed by atoms with Crippen LogP contribution in [0.3, 0.4) is 0 Å². The summed E-state index contributed by atoms with van der Waals surface area (Å²) in [4.78, 5) is 46.7. The van der Waals surface area contributed by atoms with Crippen LogP contribution in [0.5, 0.6) is 5.75 Å². The number of nitrogens with zero attached hydrogens (tertiary/aromatic N) is 3. The summed E-state index contributed by atoms with van der Waals surface area (Å²) < 4.78 is 19.0. The number of nitrogens with one attached hydrogen (secondary N) is 2. The predicted molar refractivity (Wildman–Crippen MR) is 135 cm³/mol. The summed E-state index contributed by atoms with van der Waals surface area (Å²) in [6.45, 7) is 7.12. The summed E-state index contributed by atoms with van der Waals surface area (Å²) in [5, 5.41) is 5.45. The van der Waals surface area contributed by atoms with Gasteiger partial charge < -0.3 is 20.3 Å². The third-order valence-electron chi connectivity index (χ3n) is 5.66. The van der Waals surface area contributed by atoms with Gasteiger partial charge in [-0.1, -0.05) is 24.3 Å². The van der Waals surface area contributed by atoms with Crippen LogP contribution in [0.25, 0.3) is 0 Å². The van der Waals surface area contributed by atoms with Gasteiger partial charge in [0, 0.05) is 32.2 Å². The van der Waals surface area contributed by atoms with E-state index in [1.807, 2.05) is 13.8 Å². The third kappa shape index (κ3) is 7.83. The van der Waals surface area contributed by atoms with Gasteiger partial charge in [0.05, 0.1) is 0 Å². The van der Waals surface area contributed by atoms with Crippen LogP contribution in [0.4, 0.5) is 4.39 Å². The Morgan fingerprint density at radius 2 is 1.43 bits per heavy atom. The van der Waals surface area contributed by atoms with E-state index in [1.165, 1.54) is 12.1 Å². The fourth-order valence-electron chi connectivity index (χ4n) is 3.48. The molecule has 3 rings (SSSR count). The van der Waals surface area contributed by atoms with E-state index >= 15 is 0 Å². The minimum atomic E-state index is -0.478. The maximum absolute atomic E-state index is 13.4. The number of halogens is 1. The smallest absolute Gasteiger partial charge is 0.270 e. The van der Waals surface area contributed by atoms with Crippen LogP contribution in [0, 0.1) is 12.7 Å². The van der Waals surface area contributed by atoms with Crippen LogP contribution in [0.1, 0.15) is 51.5 Å². The number of hydrogen-bond donors (Lipinski definition) is 2. The quantitative estimate of drug-likeness (QED) is 0.413. The molecule has 0 unspecified atom stereocenters. The van der Waals surface area contributed by atoms with Crippen LogP contribution in [0.15, 0.2) is 54.9 Å². The van der Waals surface area contributed by atoms with Crippen molar-refractivity contribution >= 4 is 17.7 Å². The minimum Gasteiger partial charge on any atom is -0.484 e. The normalized spacial score (nSPS) is 10.5. The fourth-order valence-corrected chi connectivity index (χ4v) is 3.48. The Morgan fingerprint density at radius 1 is 0.865 bits per heavy atom. The number of ether oxygens (including phenoxy) is 1. The first-order chi connectivity index (χ1) is 17.8. The van der Waals surface area contributed by atoms with Gasteiger partial charge in [-0.15, -0.1) is 0 Å². The molecule has 2 aromatic carbocycles. The monoisotopic (exact) mass is 507 g/mol. The summed E-state index contributed by atoms with van der Waals surface area (Å²) in [6, 6.07) is 12.9. The molecule has 0 spiro atoms. The zero-order chi connectivity index (χ0) is 26.8. The molecule has 0 saturated carbocycles. The number of carbonyl (C=O) groups excluding carboxylic acids is 3. The molecule has 1 heterocycles. The van der Waals surface area contributed by atoms with Crippen molar-refractivity contribution in [3.63, 3.8) is 0 Å². The summed E-state index contributed by atoms with van der Waals surface area (Å²) in [5.41, 5.74) is 2.14. The Bertz CT molecular complexity index is 1250. The lowest BCUT2D eigenvalue weighted by molar-refractivity contribution is -0.132. The van der Waals surface area contributed by atoms with E-state index in [0.717, 1.165) is 17.5 Å². The third-order valence-corrected chi connectivity index (χ3v) is 5.66. The number of aromatic nitrogens is 2. The van der Waals surface area contributed by atoms with Gasteiger partial charge in [0.25, 0.3) is 17.7 Å². The van der Waals surface area contributed by atoms with E-state index in [-0.39, 0.29) is 42.8 Å². The highest BCUT2D eigenvalue weighted by molar-refractivity contribution is 5.97. The van der Waals surface area contributed by atoms with Crippen LogP contribution in [0.2, 0.25) is 0 Å². The van der Waals surface area contributed by atoms with Crippen molar-refractivity contribution in [2.75, 3.05) is 19.7 Å². The van der Waals surface area contributed by atoms with Crippen molar-refractivity contribution in [2.24, 2.45) is 0 Å². The lowest BCUT2D eigenvalue weighted by Gasteiger charge is -2.18. The first kappa shape index (κ1) is 27.3. The molecular weight excluding hydrogens is 477 g/mol. The highest BCUT2D eigenvalue weighted by Crippen LogP contribution is 2.13. The molecule has 2 N–H and O–H groups in total. The standard InChI is InChI=1S/C27H30FN5O4/c1-4-33(5-2)25(34)16-37-21-9-6-19(7-10-21)14-29-26(35)23-13-24(32-17-31-23)27(36)30-15-20-8-11-22(28)18(3)12-20/h6-13,17H,4-5,14-16H2,1-3H3,(H,29,35)(H,30,36). The van der Waals surface area contributed by atoms with Crippen molar-refractivity contribution < 1.29 is 23.5 Å². The van der Waals surface area contributed by atoms with E-state index in [1.54, 1.807) is 48.2 Å². The molecule has 3 aromatic rings. The second-order valence-electron chi connectivity index (χ2n) is 8.24. The molecule has 0 radical (unpaired) electrons. The first-order valence-electron chi connectivity index (χ1n) is 11.9. The topological polar surface area (TPSA) is 114 Å². The number of aryl methyl sites for hydroxylation is 1. The van der Waals surface area contributed by atoms with E-state index < -0.39 is 11.8 Å². The molecule has 3 amide bonds. The number of hydrogen-bond acceptors (Lipinski definition) is 6. The molecule has 0 fully saturated rings. The molecule has 0 atom stereocenters. The number of rotatable bonds is 11. The number of amides is 3. The molecule has 0 bridgehead atoms. The second-order valence-corrected chi connectivity index (χ2v) is 8.24. The van der Waals surface area contributed by atoms with Crippen molar-refractivity contribution in [3.05, 3.63) is 88.8 Å². The van der Waals surface area contributed by atoms with Crippen LogP contribution < -0.4 is 15.4 Å². The highest BCUT2D eigenvalue weighted by Gasteiger charge is 2.14. The van der Waals surface area contributed by atoms with Crippen molar-refractivity contribution in [3.8, 4) is 5.75 Å². The largest absolute Gasteiger partial charge is 0.484 e. The molecule has 0 saturated heterocycles. The number of likely N-dealkylation sites (N-methyl/N-ethyl adjacent to an activating group) is 1. The molecule has 0 aliphatic rings. The fraction of sp³-hybridized carbons (Fsp3) is 0.296. The van der Waals surface area contributed by atoms with Crippen molar-refractivity contribution in [2.45, 2.75) is 33.9 Å². The Hall–Kier alpha value is -4.34. The molecule has 0 aliphatic carbocycles. The van der Waals surface area contributed by atoms with Crippen LogP contribution in [-0.2, 0) is 17.9 Å². The maximum Gasteiger partial charge on any atom is 0.270 e. The Morgan fingerprint density at radius 3 is 2.00 bits per heavy atom. The van der Waals surface area contributed by atoms with Gasteiger partial charge in [0.15, 0.2) is 6.61 Å². The molecule has 0 aliphatic heterocycles. The minimum absolute atomic E-state index is 0.0368. The first-order valence-corrected chi connectivity index (χ1v) is 11.9. The van der Waals surface area contributed by atoms with Crippen molar-refractivity contribution in [1.82, 2.24) is 25.5 Å². The van der Waals surface area contributed by atoms with E-state index in [9.17, 15) is 18.8 Å². The van der Waals surface area contributed by atoms with Crippen molar-refractivity contribution in [1.29, 1.82) is 0 Å². The molecule has 37 heavy (non-hydrogen) atoms. The van der Waals surface area contributed by atoms with Gasteiger partial charge in [0.2, 0.25) is 0 Å². The average Bonchev–Trinajstić information content (AvgIpc) is 2.92. The van der Waals surface area contributed by atoms with E-state index in [4.69, 9.17) is 4.74 Å². The summed E-state index contributed by atoms with van der Waals surface area (Å²) in [7, 11) is 0. The molecule has 9 nitrogen and oxygen atoms in total. The summed E-state index contributed by atoms with van der Waals surface area (Å²) in [6.07, 6.45) is 1.15. The van der Waals surface area contributed by atoms with Crippen LogP contribution in [-0.4, -0.2) is 52.3 Å². The maximum atomic E-state index is 13.4. The second kappa shape index (κ2) is 13.1. The van der Waals surface area contributed by atoms with E-state index in [0.29, 0.717) is 24.4 Å². The van der Waals surface area contributed by atoms with Gasteiger partial charge in [-0.25, -0.2) is 14.4 Å².